The molecule has 0 amide bonds. The highest BCUT2D eigenvalue weighted by atomic mass is 16.5. The molecular weight excluding hydrogens is 496 g/mol. The third kappa shape index (κ3) is 8.81. The van der Waals surface area contributed by atoms with Crippen LogP contribution in [0.2, 0.25) is 0 Å². The zero-order valence-corrected chi connectivity index (χ0v) is 26.0. The molecule has 0 aliphatic heterocycles. The molecule has 214 valence electrons. The van der Waals surface area contributed by atoms with Crippen LogP contribution in [0.4, 0.5) is 0 Å². The molecule has 0 aromatic heterocycles. The van der Waals surface area contributed by atoms with E-state index in [0.29, 0.717) is 22.6 Å². The zero-order valence-electron chi connectivity index (χ0n) is 26.0. The molecule has 40 heavy (non-hydrogen) atoms. The van der Waals surface area contributed by atoms with Gasteiger partial charge in [-0.25, -0.2) is 9.59 Å². The fourth-order valence-corrected chi connectivity index (χ4v) is 5.88. The van der Waals surface area contributed by atoms with Crippen LogP contribution in [0.1, 0.15) is 114 Å². The van der Waals surface area contributed by atoms with Crippen molar-refractivity contribution in [2.45, 2.75) is 92.9 Å². The van der Waals surface area contributed by atoms with E-state index < -0.39 is 11.9 Å². The van der Waals surface area contributed by atoms with Crippen LogP contribution in [0.25, 0.3) is 0 Å². The van der Waals surface area contributed by atoms with Crippen LogP contribution in [-0.4, -0.2) is 11.9 Å². The van der Waals surface area contributed by atoms with Gasteiger partial charge in [0.05, 0.1) is 11.1 Å². The van der Waals surface area contributed by atoms with Gasteiger partial charge >= 0.3 is 11.9 Å². The van der Waals surface area contributed by atoms with Gasteiger partial charge < -0.3 is 9.47 Å². The number of esters is 2. The van der Waals surface area contributed by atoms with Crippen LogP contribution in [0, 0.1) is 10.8 Å². The molecule has 0 saturated heterocycles. The van der Waals surface area contributed by atoms with Gasteiger partial charge in [-0.15, -0.1) is 0 Å². The molecule has 3 aromatic carbocycles. The molecule has 3 rings (SSSR count). The van der Waals surface area contributed by atoms with E-state index in [-0.39, 0.29) is 21.7 Å². The first kappa shape index (κ1) is 31.1. The molecule has 0 atom stereocenters. The molecule has 0 spiro atoms. The SMILES string of the molecule is CC(C)(C)CC(C)(C)c1ccc(OC(=O)c2ccc(C(=O)Oc3ccc(C(C)(C)CC(C)(C)C)cc3)cc2)cc1. The van der Waals surface area contributed by atoms with Crippen LogP contribution in [0.15, 0.2) is 72.8 Å². The Morgan fingerprint density at radius 1 is 0.475 bits per heavy atom. The van der Waals surface area contributed by atoms with Crippen molar-refractivity contribution in [2.24, 2.45) is 10.8 Å². The Morgan fingerprint density at radius 2 is 0.750 bits per heavy atom. The van der Waals surface area contributed by atoms with E-state index in [2.05, 4.69) is 69.2 Å². The summed E-state index contributed by atoms with van der Waals surface area (Å²) in [6, 6.07) is 21.7. The summed E-state index contributed by atoms with van der Waals surface area (Å²) in [4.78, 5) is 25.4. The smallest absolute Gasteiger partial charge is 0.343 e. The maximum atomic E-state index is 12.7. The maximum absolute atomic E-state index is 12.7. The first-order valence-electron chi connectivity index (χ1n) is 14.1. The predicted octanol–water partition coefficient (Wildman–Crippen LogP) is 9.55. The van der Waals surface area contributed by atoms with E-state index in [9.17, 15) is 9.59 Å². The molecule has 3 aromatic rings. The van der Waals surface area contributed by atoms with Gasteiger partial charge in [0.1, 0.15) is 11.5 Å². The second-order valence-corrected chi connectivity index (χ2v) is 14.6. The van der Waals surface area contributed by atoms with Gasteiger partial charge in [-0.05, 0) is 94.2 Å². The molecule has 0 aliphatic carbocycles. The summed E-state index contributed by atoms with van der Waals surface area (Å²) in [6.45, 7) is 22.4. The first-order chi connectivity index (χ1) is 18.3. The largest absolute Gasteiger partial charge is 0.423 e. The van der Waals surface area contributed by atoms with Gasteiger partial charge in [0.25, 0.3) is 0 Å². The highest BCUT2D eigenvalue weighted by Gasteiger charge is 2.28. The molecule has 0 saturated carbocycles. The van der Waals surface area contributed by atoms with Crippen LogP contribution >= 0.6 is 0 Å². The Bertz CT molecular complexity index is 1190. The molecular formula is C36H46O4. The van der Waals surface area contributed by atoms with Gasteiger partial charge in [-0.1, -0.05) is 93.5 Å². The molecule has 0 fully saturated rings. The minimum absolute atomic E-state index is 0.0100. The van der Waals surface area contributed by atoms with Gasteiger partial charge in [-0.2, -0.15) is 0 Å². The van der Waals surface area contributed by atoms with Gasteiger partial charge in [0, 0.05) is 0 Å². The van der Waals surface area contributed by atoms with Crippen LogP contribution < -0.4 is 9.47 Å². The van der Waals surface area contributed by atoms with Crippen molar-refractivity contribution in [2.75, 3.05) is 0 Å². The summed E-state index contributed by atoms with van der Waals surface area (Å²) in [5, 5.41) is 0. The van der Waals surface area contributed by atoms with Crippen LogP contribution in [0.5, 0.6) is 11.5 Å². The Kier molecular flexibility index (Phi) is 9.03. The molecule has 0 bridgehead atoms. The highest BCUT2D eigenvalue weighted by Crippen LogP contribution is 2.38. The number of hydrogen-bond acceptors (Lipinski definition) is 4. The van der Waals surface area contributed by atoms with E-state index in [1.165, 1.54) is 11.1 Å². The number of rotatable bonds is 8. The van der Waals surface area contributed by atoms with Crippen molar-refractivity contribution in [1.29, 1.82) is 0 Å². The lowest BCUT2D eigenvalue weighted by atomic mass is 9.72. The fourth-order valence-electron chi connectivity index (χ4n) is 5.88. The number of benzene rings is 3. The second-order valence-electron chi connectivity index (χ2n) is 14.6. The standard InChI is InChI=1S/C36H46O4/c1-33(2,3)23-35(7,8)27-15-19-29(20-16-27)39-31(37)25-11-13-26(14-12-25)32(38)40-30-21-17-28(18-22-30)36(9,10)24-34(4,5)6/h11-22H,23-24H2,1-10H3. The molecule has 4 nitrogen and oxygen atoms in total. The summed E-state index contributed by atoms with van der Waals surface area (Å²) in [5.74, 6) is 0.0148. The molecule has 0 unspecified atom stereocenters. The third-order valence-electron chi connectivity index (χ3n) is 6.99. The van der Waals surface area contributed by atoms with Crippen LogP contribution in [0.3, 0.4) is 0 Å². The van der Waals surface area contributed by atoms with Gasteiger partial charge in [-0.3, -0.25) is 0 Å². The van der Waals surface area contributed by atoms with E-state index in [0.717, 1.165) is 12.8 Å². The van der Waals surface area contributed by atoms with Gasteiger partial charge in [0.2, 0.25) is 0 Å². The van der Waals surface area contributed by atoms with E-state index in [1.54, 1.807) is 24.3 Å². The molecule has 0 heterocycles. The lowest BCUT2D eigenvalue weighted by Gasteiger charge is -2.33. The highest BCUT2D eigenvalue weighted by molar-refractivity contribution is 5.94. The lowest BCUT2D eigenvalue weighted by molar-refractivity contribution is 0.0720. The Hall–Kier alpha value is -3.40. The second kappa shape index (κ2) is 11.6. The molecule has 0 N–H and O–H groups in total. The van der Waals surface area contributed by atoms with E-state index in [4.69, 9.17) is 9.47 Å². The summed E-state index contributed by atoms with van der Waals surface area (Å²) in [7, 11) is 0. The molecule has 0 radical (unpaired) electrons. The lowest BCUT2D eigenvalue weighted by Crippen LogP contribution is -2.24. The molecule has 4 heteroatoms. The minimum atomic E-state index is -0.477. The fraction of sp³-hybridized carbons (Fsp3) is 0.444. The zero-order chi connectivity index (χ0) is 29.9. The Morgan fingerprint density at radius 3 is 1.00 bits per heavy atom. The summed E-state index contributed by atoms with van der Waals surface area (Å²) in [5.41, 5.74) is 3.56. The van der Waals surface area contributed by atoms with Crippen LogP contribution in [-0.2, 0) is 10.8 Å². The van der Waals surface area contributed by atoms with Crippen molar-refractivity contribution in [3.05, 3.63) is 95.1 Å². The Balaban J connectivity index is 1.60. The third-order valence-corrected chi connectivity index (χ3v) is 6.99. The predicted molar refractivity (Wildman–Crippen MR) is 163 cm³/mol. The normalized spacial score (nSPS) is 12.7. The number of hydrogen-bond donors (Lipinski definition) is 0. The van der Waals surface area contributed by atoms with E-state index in [1.807, 2.05) is 48.5 Å². The quantitative estimate of drug-likeness (QED) is 0.210. The number of carbonyl (C=O) groups excluding carboxylic acids is 2. The average Bonchev–Trinajstić information content (AvgIpc) is 2.82. The molecule has 0 aliphatic rings. The first-order valence-corrected chi connectivity index (χ1v) is 14.1. The van der Waals surface area contributed by atoms with Crippen molar-refractivity contribution >= 4 is 11.9 Å². The van der Waals surface area contributed by atoms with Crippen molar-refractivity contribution in [3.8, 4) is 11.5 Å². The summed E-state index contributed by atoms with van der Waals surface area (Å²) < 4.78 is 11.2. The number of ether oxygens (including phenoxy) is 2. The average molecular weight is 543 g/mol. The minimum Gasteiger partial charge on any atom is -0.423 e. The summed E-state index contributed by atoms with van der Waals surface area (Å²) >= 11 is 0. The Labute approximate surface area is 241 Å². The van der Waals surface area contributed by atoms with Gasteiger partial charge in [0.15, 0.2) is 0 Å². The van der Waals surface area contributed by atoms with Crippen molar-refractivity contribution in [1.82, 2.24) is 0 Å². The monoisotopic (exact) mass is 542 g/mol. The number of carbonyl (C=O) groups is 2. The van der Waals surface area contributed by atoms with Crippen molar-refractivity contribution in [3.63, 3.8) is 0 Å². The maximum Gasteiger partial charge on any atom is 0.343 e. The van der Waals surface area contributed by atoms with Crippen molar-refractivity contribution < 1.29 is 19.1 Å². The summed E-state index contributed by atoms with van der Waals surface area (Å²) in [6.07, 6.45) is 2.07. The topological polar surface area (TPSA) is 52.6 Å². The van der Waals surface area contributed by atoms with E-state index >= 15 is 0 Å².